The second-order valence-corrected chi connectivity index (χ2v) is 4.60. The van der Waals surface area contributed by atoms with Crippen molar-refractivity contribution in [1.82, 2.24) is 19.8 Å². The summed E-state index contributed by atoms with van der Waals surface area (Å²) in [6.45, 7) is 3.12. The second-order valence-electron chi connectivity index (χ2n) is 4.60. The van der Waals surface area contributed by atoms with E-state index in [9.17, 15) is 9.59 Å². The molecule has 8 heteroatoms. The summed E-state index contributed by atoms with van der Waals surface area (Å²) in [7, 11) is 0. The molecule has 1 aromatic rings. The predicted molar refractivity (Wildman–Crippen MR) is 72.1 cm³/mol. The van der Waals surface area contributed by atoms with Gasteiger partial charge in [-0.3, -0.25) is 14.6 Å². The lowest BCUT2D eigenvalue weighted by molar-refractivity contribution is -0.150. The molecule has 0 spiro atoms. The number of aromatic nitrogens is 2. The SMILES string of the molecule is CCCN1CC(=O)N(Cc2cnc(NN)cn2)CC1=O. The van der Waals surface area contributed by atoms with Crippen LogP contribution in [0.2, 0.25) is 0 Å². The van der Waals surface area contributed by atoms with Gasteiger partial charge in [0.2, 0.25) is 11.8 Å². The number of hydrogen-bond acceptors (Lipinski definition) is 6. The molecule has 1 fully saturated rings. The molecule has 0 bridgehead atoms. The van der Waals surface area contributed by atoms with E-state index in [1.807, 2.05) is 6.92 Å². The predicted octanol–water partition coefficient (Wildman–Crippen LogP) is -0.657. The molecule has 8 nitrogen and oxygen atoms in total. The topological polar surface area (TPSA) is 104 Å². The Balaban J connectivity index is 1.99. The van der Waals surface area contributed by atoms with Gasteiger partial charge < -0.3 is 15.2 Å². The third-order valence-electron chi connectivity index (χ3n) is 3.06. The first-order valence-corrected chi connectivity index (χ1v) is 6.47. The average molecular weight is 278 g/mol. The van der Waals surface area contributed by atoms with Gasteiger partial charge in [-0.15, -0.1) is 0 Å². The number of rotatable bonds is 5. The summed E-state index contributed by atoms with van der Waals surface area (Å²) in [4.78, 5) is 35.1. The standard InChI is InChI=1S/C12H18N6O2/c1-2-3-17-7-12(20)18(8-11(17)19)6-9-4-15-10(16-13)5-14-9/h4-5H,2-3,6-8,13H2,1H3,(H,15,16). The fourth-order valence-corrected chi connectivity index (χ4v) is 2.03. The van der Waals surface area contributed by atoms with E-state index in [0.29, 0.717) is 18.1 Å². The highest BCUT2D eigenvalue weighted by Crippen LogP contribution is 2.10. The van der Waals surface area contributed by atoms with Gasteiger partial charge in [-0.05, 0) is 6.42 Å². The van der Waals surface area contributed by atoms with Gasteiger partial charge in [-0.2, -0.15) is 0 Å². The summed E-state index contributed by atoms with van der Waals surface area (Å²) in [6.07, 6.45) is 3.86. The van der Waals surface area contributed by atoms with E-state index in [1.54, 1.807) is 4.90 Å². The molecule has 0 unspecified atom stereocenters. The molecule has 2 amide bonds. The van der Waals surface area contributed by atoms with Gasteiger partial charge in [0.15, 0.2) is 5.82 Å². The number of nitrogens with zero attached hydrogens (tertiary/aromatic N) is 4. The van der Waals surface area contributed by atoms with E-state index in [4.69, 9.17) is 5.84 Å². The monoisotopic (exact) mass is 278 g/mol. The molecular formula is C12H18N6O2. The Morgan fingerprint density at radius 1 is 1.20 bits per heavy atom. The van der Waals surface area contributed by atoms with Crippen LogP contribution in [-0.4, -0.2) is 51.2 Å². The molecule has 0 aliphatic carbocycles. The minimum absolute atomic E-state index is 0.0281. The highest BCUT2D eigenvalue weighted by Gasteiger charge is 2.29. The Kier molecular flexibility index (Phi) is 4.46. The Morgan fingerprint density at radius 3 is 2.50 bits per heavy atom. The Bertz CT molecular complexity index is 489. The maximum Gasteiger partial charge on any atom is 0.243 e. The van der Waals surface area contributed by atoms with Crippen molar-refractivity contribution in [2.24, 2.45) is 5.84 Å². The van der Waals surface area contributed by atoms with Gasteiger partial charge in [-0.1, -0.05) is 6.92 Å². The third kappa shape index (κ3) is 3.21. The van der Waals surface area contributed by atoms with E-state index in [0.717, 1.165) is 6.42 Å². The van der Waals surface area contributed by atoms with E-state index in [-0.39, 0.29) is 31.4 Å². The lowest BCUT2D eigenvalue weighted by atomic mass is 10.2. The van der Waals surface area contributed by atoms with Crippen molar-refractivity contribution in [3.8, 4) is 0 Å². The molecule has 2 heterocycles. The molecule has 2 rings (SSSR count). The smallest absolute Gasteiger partial charge is 0.243 e. The Morgan fingerprint density at radius 2 is 1.90 bits per heavy atom. The Hall–Kier alpha value is -2.22. The summed E-state index contributed by atoms with van der Waals surface area (Å²) in [5, 5.41) is 0. The molecular weight excluding hydrogens is 260 g/mol. The molecule has 0 aromatic carbocycles. The molecule has 0 atom stereocenters. The van der Waals surface area contributed by atoms with Crippen LogP contribution in [0.3, 0.4) is 0 Å². The number of amides is 2. The minimum Gasteiger partial charge on any atom is -0.332 e. The van der Waals surface area contributed by atoms with Crippen LogP contribution in [0, 0.1) is 0 Å². The van der Waals surface area contributed by atoms with Crippen molar-refractivity contribution in [2.75, 3.05) is 25.1 Å². The fraction of sp³-hybridized carbons (Fsp3) is 0.500. The number of piperazine rings is 1. The highest BCUT2D eigenvalue weighted by atomic mass is 16.2. The van der Waals surface area contributed by atoms with E-state index in [2.05, 4.69) is 15.4 Å². The van der Waals surface area contributed by atoms with E-state index >= 15 is 0 Å². The average Bonchev–Trinajstić information content (AvgIpc) is 2.45. The van der Waals surface area contributed by atoms with Crippen LogP contribution < -0.4 is 11.3 Å². The number of carbonyl (C=O) groups excluding carboxylic acids is 2. The van der Waals surface area contributed by atoms with E-state index in [1.165, 1.54) is 17.3 Å². The summed E-state index contributed by atoms with van der Waals surface area (Å²) in [5.41, 5.74) is 3.00. The zero-order chi connectivity index (χ0) is 14.5. The molecule has 0 saturated carbocycles. The molecule has 1 aromatic heterocycles. The van der Waals surface area contributed by atoms with Gasteiger partial charge >= 0.3 is 0 Å². The number of hydrazine groups is 1. The van der Waals surface area contributed by atoms with Crippen LogP contribution in [-0.2, 0) is 16.1 Å². The summed E-state index contributed by atoms with van der Waals surface area (Å²) in [5.74, 6) is 5.55. The van der Waals surface area contributed by atoms with Gasteiger partial charge in [0.1, 0.15) is 6.54 Å². The van der Waals surface area contributed by atoms with Gasteiger partial charge in [0.05, 0.1) is 31.2 Å². The maximum atomic E-state index is 12.0. The first-order valence-electron chi connectivity index (χ1n) is 6.47. The van der Waals surface area contributed by atoms with Crippen LogP contribution in [0.15, 0.2) is 12.4 Å². The summed E-state index contributed by atoms with van der Waals surface area (Å²) < 4.78 is 0. The molecule has 1 aliphatic rings. The number of nitrogens with two attached hydrogens (primary N) is 1. The van der Waals surface area contributed by atoms with Crippen LogP contribution >= 0.6 is 0 Å². The van der Waals surface area contributed by atoms with Gasteiger partial charge in [0, 0.05) is 6.54 Å². The van der Waals surface area contributed by atoms with E-state index < -0.39 is 0 Å². The second kappa shape index (κ2) is 6.29. The molecule has 3 N–H and O–H groups in total. The lowest BCUT2D eigenvalue weighted by Crippen LogP contribution is -2.53. The zero-order valence-corrected chi connectivity index (χ0v) is 11.4. The van der Waals surface area contributed by atoms with Crippen LogP contribution in [0.5, 0.6) is 0 Å². The molecule has 108 valence electrons. The zero-order valence-electron chi connectivity index (χ0n) is 11.4. The van der Waals surface area contributed by atoms with Gasteiger partial charge in [0.25, 0.3) is 0 Å². The van der Waals surface area contributed by atoms with Crippen LogP contribution in [0.1, 0.15) is 19.0 Å². The first kappa shape index (κ1) is 14.2. The quantitative estimate of drug-likeness (QED) is 0.547. The van der Waals surface area contributed by atoms with Crippen LogP contribution in [0.4, 0.5) is 5.82 Å². The lowest BCUT2D eigenvalue weighted by Gasteiger charge is -2.33. The maximum absolute atomic E-state index is 12.0. The molecule has 0 radical (unpaired) electrons. The van der Waals surface area contributed by atoms with Crippen molar-refractivity contribution in [2.45, 2.75) is 19.9 Å². The third-order valence-corrected chi connectivity index (χ3v) is 3.06. The normalized spacial score (nSPS) is 15.7. The summed E-state index contributed by atoms with van der Waals surface area (Å²) >= 11 is 0. The largest absolute Gasteiger partial charge is 0.332 e. The summed E-state index contributed by atoms with van der Waals surface area (Å²) in [6, 6.07) is 0. The molecule has 1 saturated heterocycles. The highest BCUT2D eigenvalue weighted by molar-refractivity contribution is 5.92. The fourth-order valence-electron chi connectivity index (χ4n) is 2.03. The number of carbonyl (C=O) groups is 2. The number of nitrogens with one attached hydrogen (secondary N) is 1. The number of hydrogen-bond donors (Lipinski definition) is 2. The van der Waals surface area contributed by atoms with Crippen molar-refractivity contribution in [3.63, 3.8) is 0 Å². The van der Waals surface area contributed by atoms with Crippen molar-refractivity contribution < 1.29 is 9.59 Å². The van der Waals surface area contributed by atoms with Crippen molar-refractivity contribution in [3.05, 3.63) is 18.1 Å². The van der Waals surface area contributed by atoms with Crippen LogP contribution in [0.25, 0.3) is 0 Å². The van der Waals surface area contributed by atoms with Crippen molar-refractivity contribution in [1.29, 1.82) is 0 Å². The number of anilines is 1. The van der Waals surface area contributed by atoms with Crippen molar-refractivity contribution >= 4 is 17.6 Å². The number of nitrogen functional groups attached to an aromatic ring is 1. The molecule has 1 aliphatic heterocycles. The molecule has 20 heavy (non-hydrogen) atoms. The van der Waals surface area contributed by atoms with Gasteiger partial charge in [-0.25, -0.2) is 10.8 Å². The Labute approximate surface area is 116 Å². The first-order chi connectivity index (χ1) is 9.63. The minimum atomic E-state index is -0.0686.